The molecule has 20 heavy (non-hydrogen) atoms. The van der Waals surface area contributed by atoms with Crippen molar-refractivity contribution in [3.05, 3.63) is 40.3 Å². The van der Waals surface area contributed by atoms with Crippen molar-refractivity contribution in [2.24, 2.45) is 0 Å². The zero-order valence-electron chi connectivity index (χ0n) is 10.3. The minimum atomic E-state index is -1.02. The van der Waals surface area contributed by atoms with Crippen LogP contribution in [0.4, 0.5) is 0 Å². The zero-order chi connectivity index (χ0) is 14.3. The van der Waals surface area contributed by atoms with Crippen LogP contribution in [0.15, 0.2) is 23.8 Å². The molecule has 0 bridgehead atoms. The van der Waals surface area contributed by atoms with E-state index >= 15 is 0 Å². The lowest BCUT2D eigenvalue weighted by atomic mass is 10.3. The highest BCUT2D eigenvalue weighted by atomic mass is 35.5. The fraction of sp³-hybridized carbons (Fsp3) is 0.0833. The number of halogens is 1. The number of imidazole rings is 1. The molecule has 102 valence electrons. The van der Waals surface area contributed by atoms with E-state index in [4.69, 9.17) is 16.7 Å². The van der Waals surface area contributed by atoms with Gasteiger partial charge >= 0.3 is 5.97 Å². The van der Waals surface area contributed by atoms with Gasteiger partial charge < -0.3 is 5.11 Å². The molecule has 0 aromatic carbocycles. The normalized spacial score (nSPS) is 11.7. The third-order valence-electron chi connectivity index (χ3n) is 2.72. The average molecular weight is 309 g/mol. The number of fused-ring (bicyclic) bond motifs is 1. The molecule has 1 N–H and O–H groups in total. The molecule has 0 unspecified atom stereocenters. The largest absolute Gasteiger partial charge is 0.478 e. The Kier molecular flexibility index (Phi) is 3.07. The summed E-state index contributed by atoms with van der Waals surface area (Å²) in [4.78, 5) is 15.9. The first-order valence-electron chi connectivity index (χ1n) is 5.65. The summed E-state index contributed by atoms with van der Waals surface area (Å²) >= 11 is 7.46. The maximum absolute atomic E-state index is 10.7. The number of carboxylic acid groups (broad SMARTS) is 1. The molecular weight excluding hydrogens is 300 g/mol. The fourth-order valence-corrected chi connectivity index (χ4v) is 2.66. The molecule has 3 heterocycles. The van der Waals surface area contributed by atoms with E-state index in [-0.39, 0.29) is 0 Å². The first-order chi connectivity index (χ1) is 9.56. The average Bonchev–Trinajstić information content (AvgIpc) is 3.02. The van der Waals surface area contributed by atoms with Gasteiger partial charge in [-0.25, -0.2) is 9.48 Å². The number of carboxylic acids is 1. The highest BCUT2D eigenvalue weighted by Crippen LogP contribution is 2.23. The second-order valence-electron chi connectivity index (χ2n) is 4.05. The topological polar surface area (TPSA) is 72.4 Å². The summed E-state index contributed by atoms with van der Waals surface area (Å²) in [7, 11) is 0. The molecule has 0 aliphatic carbocycles. The predicted molar refractivity (Wildman–Crippen MR) is 76.6 cm³/mol. The fourth-order valence-electron chi connectivity index (χ4n) is 1.81. The van der Waals surface area contributed by atoms with Crippen molar-refractivity contribution in [1.29, 1.82) is 0 Å². The number of carbonyl (C=O) groups is 1. The maximum atomic E-state index is 10.7. The van der Waals surface area contributed by atoms with E-state index in [2.05, 4.69) is 10.1 Å². The number of rotatable bonds is 3. The summed E-state index contributed by atoms with van der Waals surface area (Å²) in [6.07, 6.45) is 6.05. The second kappa shape index (κ2) is 4.77. The molecule has 0 fully saturated rings. The molecule has 0 radical (unpaired) electrons. The van der Waals surface area contributed by atoms with Gasteiger partial charge in [0.15, 0.2) is 10.8 Å². The van der Waals surface area contributed by atoms with E-state index in [1.807, 2.05) is 16.0 Å². The summed E-state index contributed by atoms with van der Waals surface area (Å²) in [6, 6.07) is 0. The number of aromatic nitrogens is 4. The SMILES string of the molecule is Cc1nn(-c2nc3sccn3c2C=CC(=O)O)cc1Cl. The number of aliphatic carboxylic acids is 1. The molecule has 8 heteroatoms. The van der Waals surface area contributed by atoms with Crippen LogP contribution < -0.4 is 0 Å². The van der Waals surface area contributed by atoms with Gasteiger partial charge in [0.1, 0.15) is 0 Å². The van der Waals surface area contributed by atoms with E-state index in [1.54, 1.807) is 17.8 Å². The highest BCUT2D eigenvalue weighted by molar-refractivity contribution is 7.15. The van der Waals surface area contributed by atoms with E-state index < -0.39 is 5.97 Å². The van der Waals surface area contributed by atoms with Crippen molar-refractivity contribution in [1.82, 2.24) is 19.2 Å². The van der Waals surface area contributed by atoms with Crippen LogP contribution in [0.3, 0.4) is 0 Å². The Labute approximate surface area is 122 Å². The van der Waals surface area contributed by atoms with Crippen LogP contribution in [-0.4, -0.2) is 30.2 Å². The Morgan fingerprint density at radius 1 is 1.55 bits per heavy atom. The Hall–Kier alpha value is -2.12. The van der Waals surface area contributed by atoms with Crippen LogP contribution in [-0.2, 0) is 4.79 Å². The smallest absolute Gasteiger partial charge is 0.328 e. The molecular formula is C12H9ClN4O2S. The minimum absolute atomic E-state index is 0.537. The maximum Gasteiger partial charge on any atom is 0.328 e. The summed E-state index contributed by atoms with van der Waals surface area (Å²) in [6.45, 7) is 1.80. The molecule has 3 aromatic rings. The minimum Gasteiger partial charge on any atom is -0.478 e. The second-order valence-corrected chi connectivity index (χ2v) is 5.34. The van der Waals surface area contributed by atoms with E-state index in [0.29, 0.717) is 22.2 Å². The van der Waals surface area contributed by atoms with Gasteiger partial charge in [0, 0.05) is 17.7 Å². The van der Waals surface area contributed by atoms with Crippen molar-refractivity contribution in [3.8, 4) is 5.82 Å². The Bertz CT molecular complexity index is 810. The summed E-state index contributed by atoms with van der Waals surface area (Å²) in [5.74, 6) is -0.472. The Balaban J connectivity index is 2.21. The molecule has 0 saturated heterocycles. The van der Waals surface area contributed by atoms with Crippen molar-refractivity contribution >= 4 is 39.9 Å². The molecule has 0 spiro atoms. The predicted octanol–water partition coefficient (Wildman–Crippen LogP) is 2.64. The molecule has 0 saturated carbocycles. The monoisotopic (exact) mass is 308 g/mol. The molecule has 3 rings (SSSR count). The van der Waals surface area contributed by atoms with Crippen molar-refractivity contribution in [3.63, 3.8) is 0 Å². The van der Waals surface area contributed by atoms with Gasteiger partial charge in [-0.1, -0.05) is 11.6 Å². The van der Waals surface area contributed by atoms with Crippen LogP contribution >= 0.6 is 22.9 Å². The zero-order valence-corrected chi connectivity index (χ0v) is 11.9. The lowest BCUT2D eigenvalue weighted by molar-refractivity contribution is -0.131. The highest BCUT2D eigenvalue weighted by Gasteiger charge is 2.15. The number of thiazole rings is 1. The molecule has 0 aliphatic rings. The number of aryl methyl sites for hydroxylation is 1. The van der Waals surface area contributed by atoms with Crippen molar-refractivity contribution in [2.45, 2.75) is 6.92 Å². The molecule has 0 atom stereocenters. The Morgan fingerprint density at radius 3 is 3.00 bits per heavy atom. The number of hydrogen-bond donors (Lipinski definition) is 1. The molecule has 0 aliphatic heterocycles. The number of hydrogen-bond acceptors (Lipinski definition) is 4. The van der Waals surface area contributed by atoms with Crippen LogP contribution in [0.2, 0.25) is 5.02 Å². The van der Waals surface area contributed by atoms with E-state index in [1.165, 1.54) is 17.4 Å². The third-order valence-corrected chi connectivity index (χ3v) is 3.85. The molecule has 3 aromatic heterocycles. The molecule has 6 nitrogen and oxygen atoms in total. The Morgan fingerprint density at radius 2 is 2.35 bits per heavy atom. The van der Waals surface area contributed by atoms with Crippen molar-refractivity contribution in [2.75, 3.05) is 0 Å². The van der Waals surface area contributed by atoms with Crippen molar-refractivity contribution < 1.29 is 9.90 Å². The van der Waals surface area contributed by atoms with Gasteiger partial charge in [-0.15, -0.1) is 11.3 Å². The van der Waals surface area contributed by atoms with Gasteiger partial charge in [-0.3, -0.25) is 4.40 Å². The first-order valence-corrected chi connectivity index (χ1v) is 6.90. The first kappa shape index (κ1) is 12.9. The van der Waals surface area contributed by atoms with Crippen LogP contribution in [0.25, 0.3) is 16.9 Å². The van der Waals surface area contributed by atoms with E-state index in [9.17, 15) is 4.79 Å². The summed E-state index contributed by atoms with van der Waals surface area (Å²) in [5.41, 5.74) is 1.33. The van der Waals surface area contributed by atoms with Crippen LogP contribution in [0, 0.1) is 6.92 Å². The standard InChI is InChI=1S/C12H9ClN4O2S/c1-7-8(13)6-17(15-7)11-9(2-3-10(18)19)16-4-5-20-12(16)14-11/h2-6H,1H3,(H,18,19). The van der Waals surface area contributed by atoms with Gasteiger partial charge in [0.2, 0.25) is 0 Å². The van der Waals surface area contributed by atoms with E-state index in [0.717, 1.165) is 11.0 Å². The third kappa shape index (κ3) is 2.10. The number of nitrogens with zero attached hydrogens (tertiary/aromatic N) is 4. The lowest BCUT2D eigenvalue weighted by Crippen LogP contribution is -1.99. The van der Waals surface area contributed by atoms with Gasteiger partial charge in [-0.2, -0.15) is 10.1 Å². The van der Waals surface area contributed by atoms with Gasteiger partial charge in [0.25, 0.3) is 0 Å². The molecule has 0 amide bonds. The summed E-state index contributed by atoms with van der Waals surface area (Å²) < 4.78 is 3.36. The van der Waals surface area contributed by atoms with Gasteiger partial charge in [-0.05, 0) is 13.0 Å². The lowest BCUT2D eigenvalue weighted by Gasteiger charge is -1.98. The van der Waals surface area contributed by atoms with Crippen LogP contribution in [0.5, 0.6) is 0 Å². The quantitative estimate of drug-likeness (QED) is 0.755. The van der Waals surface area contributed by atoms with Crippen LogP contribution in [0.1, 0.15) is 11.4 Å². The summed E-state index contributed by atoms with van der Waals surface area (Å²) in [5, 5.41) is 15.5. The van der Waals surface area contributed by atoms with Gasteiger partial charge in [0.05, 0.1) is 22.6 Å².